The predicted molar refractivity (Wildman–Crippen MR) is 115 cm³/mol. The van der Waals surface area contributed by atoms with E-state index in [0.717, 1.165) is 32.5 Å². The predicted octanol–water partition coefficient (Wildman–Crippen LogP) is 5.21. The van der Waals surface area contributed by atoms with Crippen LogP contribution in [-0.4, -0.2) is 36.5 Å². The van der Waals surface area contributed by atoms with Crippen LogP contribution in [0.2, 0.25) is 10.0 Å². The molecule has 1 saturated heterocycles. The minimum absolute atomic E-state index is 0.0726. The molecule has 1 aliphatic heterocycles. The lowest BCUT2D eigenvalue weighted by Gasteiger charge is -2.33. The van der Waals surface area contributed by atoms with E-state index in [0.29, 0.717) is 21.0 Å². The number of piperidine rings is 1. The van der Waals surface area contributed by atoms with Gasteiger partial charge in [-0.05, 0) is 80.9 Å². The molecular formula is C23H26Cl2N2O. The third-order valence-electron chi connectivity index (χ3n) is 6.25. The van der Waals surface area contributed by atoms with Crippen LogP contribution in [0.15, 0.2) is 48.5 Å². The fourth-order valence-electron chi connectivity index (χ4n) is 4.40. The Morgan fingerprint density at radius 2 is 1.75 bits per heavy atom. The number of halogens is 2. The molecule has 1 saturated carbocycles. The SMILES string of the molecule is O=C(NC1CC12CCN(CCCc1ccccc1)CC2)c1cc(Cl)cc(Cl)c1. The summed E-state index contributed by atoms with van der Waals surface area (Å²) in [6.45, 7) is 3.41. The Morgan fingerprint density at radius 1 is 1.07 bits per heavy atom. The average molecular weight is 417 g/mol. The first kappa shape index (κ1) is 19.8. The van der Waals surface area contributed by atoms with Crippen molar-refractivity contribution in [3.63, 3.8) is 0 Å². The van der Waals surface area contributed by atoms with Gasteiger partial charge < -0.3 is 10.2 Å². The summed E-state index contributed by atoms with van der Waals surface area (Å²) in [6, 6.07) is 16.0. The number of nitrogens with zero attached hydrogens (tertiary/aromatic N) is 1. The molecule has 2 aromatic carbocycles. The minimum Gasteiger partial charge on any atom is -0.349 e. The Morgan fingerprint density at radius 3 is 2.43 bits per heavy atom. The van der Waals surface area contributed by atoms with Gasteiger partial charge in [0.1, 0.15) is 0 Å². The van der Waals surface area contributed by atoms with Crippen molar-refractivity contribution in [1.82, 2.24) is 10.2 Å². The van der Waals surface area contributed by atoms with Crippen molar-refractivity contribution >= 4 is 29.1 Å². The highest BCUT2D eigenvalue weighted by Gasteiger charge is 2.55. The van der Waals surface area contributed by atoms with Crippen LogP contribution in [0.3, 0.4) is 0 Å². The molecule has 2 fully saturated rings. The number of hydrogen-bond acceptors (Lipinski definition) is 2. The number of carbonyl (C=O) groups is 1. The second kappa shape index (κ2) is 8.44. The molecule has 2 aromatic rings. The smallest absolute Gasteiger partial charge is 0.251 e. The molecule has 1 amide bonds. The number of rotatable bonds is 6. The van der Waals surface area contributed by atoms with Crippen molar-refractivity contribution in [2.24, 2.45) is 5.41 Å². The van der Waals surface area contributed by atoms with Crippen LogP contribution in [0.25, 0.3) is 0 Å². The molecule has 28 heavy (non-hydrogen) atoms. The Balaban J connectivity index is 1.21. The molecule has 1 heterocycles. The fourth-order valence-corrected chi connectivity index (χ4v) is 4.93. The van der Waals surface area contributed by atoms with E-state index in [1.165, 1.54) is 24.8 Å². The maximum absolute atomic E-state index is 12.5. The van der Waals surface area contributed by atoms with Crippen molar-refractivity contribution in [3.8, 4) is 0 Å². The monoisotopic (exact) mass is 416 g/mol. The van der Waals surface area contributed by atoms with Crippen molar-refractivity contribution in [2.75, 3.05) is 19.6 Å². The standard InChI is InChI=1S/C23H26Cl2N2O/c24-19-13-18(14-20(25)15-19)22(28)26-21-16-23(21)8-11-27(12-9-23)10-4-7-17-5-2-1-3-6-17/h1-3,5-6,13-15,21H,4,7-12,16H2,(H,26,28). The summed E-state index contributed by atoms with van der Waals surface area (Å²) >= 11 is 12.0. The summed E-state index contributed by atoms with van der Waals surface area (Å²) in [5.74, 6) is -0.0726. The van der Waals surface area contributed by atoms with E-state index in [1.807, 2.05) is 0 Å². The van der Waals surface area contributed by atoms with Gasteiger partial charge in [0.2, 0.25) is 0 Å². The molecule has 0 aromatic heterocycles. The van der Waals surface area contributed by atoms with Crippen LogP contribution < -0.4 is 5.32 Å². The highest BCUT2D eigenvalue weighted by molar-refractivity contribution is 6.35. The Kier molecular flexibility index (Phi) is 5.96. The number of benzene rings is 2. The Bertz CT molecular complexity index is 812. The van der Waals surface area contributed by atoms with Gasteiger partial charge in [-0.3, -0.25) is 4.79 Å². The molecule has 0 bridgehead atoms. The van der Waals surface area contributed by atoms with E-state index in [9.17, 15) is 4.79 Å². The van der Waals surface area contributed by atoms with Gasteiger partial charge in [-0.1, -0.05) is 53.5 Å². The number of amides is 1. The first-order valence-corrected chi connectivity index (χ1v) is 10.8. The summed E-state index contributed by atoms with van der Waals surface area (Å²) < 4.78 is 0. The zero-order valence-corrected chi connectivity index (χ0v) is 17.5. The summed E-state index contributed by atoms with van der Waals surface area (Å²) in [5.41, 5.74) is 2.26. The molecule has 5 heteroatoms. The zero-order chi connectivity index (χ0) is 19.6. The molecule has 148 valence electrons. The van der Waals surface area contributed by atoms with Crippen LogP contribution in [0.1, 0.15) is 41.6 Å². The molecule has 2 aliphatic rings. The van der Waals surface area contributed by atoms with Crippen molar-refractivity contribution in [2.45, 2.75) is 38.1 Å². The zero-order valence-electron chi connectivity index (χ0n) is 16.0. The lowest BCUT2D eigenvalue weighted by Crippen LogP contribution is -2.39. The number of nitrogens with one attached hydrogen (secondary N) is 1. The molecule has 3 nitrogen and oxygen atoms in total. The minimum atomic E-state index is -0.0726. The molecule has 1 aliphatic carbocycles. The van der Waals surface area contributed by atoms with E-state index >= 15 is 0 Å². The molecule has 1 unspecified atom stereocenters. The van der Waals surface area contributed by atoms with E-state index in [-0.39, 0.29) is 11.9 Å². The average Bonchev–Trinajstić information content (AvgIpc) is 3.34. The van der Waals surface area contributed by atoms with Crippen LogP contribution in [0.5, 0.6) is 0 Å². The summed E-state index contributed by atoms with van der Waals surface area (Å²) in [4.78, 5) is 15.1. The van der Waals surface area contributed by atoms with Gasteiger partial charge in [-0.25, -0.2) is 0 Å². The molecule has 1 atom stereocenters. The molecule has 1 spiro atoms. The molecular weight excluding hydrogens is 391 g/mol. The lowest BCUT2D eigenvalue weighted by atomic mass is 9.92. The van der Waals surface area contributed by atoms with Gasteiger partial charge >= 0.3 is 0 Å². The topological polar surface area (TPSA) is 32.3 Å². The second-order valence-corrected chi connectivity index (χ2v) is 9.05. The van der Waals surface area contributed by atoms with Crippen molar-refractivity contribution < 1.29 is 4.79 Å². The molecule has 1 N–H and O–H groups in total. The van der Waals surface area contributed by atoms with Crippen molar-refractivity contribution in [1.29, 1.82) is 0 Å². The van der Waals surface area contributed by atoms with Gasteiger partial charge in [0.15, 0.2) is 0 Å². The van der Waals surface area contributed by atoms with E-state index in [2.05, 4.69) is 40.5 Å². The lowest BCUT2D eigenvalue weighted by molar-refractivity contribution is 0.0935. The van der Waals surface area contributed by atoms with E-state index in [4.69, 9.17) is 23.2 Å². The Hall–Kier alpha value is -1.55. The quantitative estimate of drug-likeness (QED) is 0.700. The van der Waals surface area contributed by atoms with Crippen LogP contribution in [-0.2, 0) is 6.42 Å². The van der Waals surface area contributed by atoms with Crippen LogP contribution >= 0.6 is 23.2 Å². The van der Waals surface area contributed by atoms with Gasteiger partial charge in [0.05, 0.1) is 0 Å². The Labute approximate surface area is 177 Å². The highest BCUT2D eigenvalue weighted by atomic mass is 35.5. The third kappa shape index (κ3) is 4.71. The normalized spacial score (nSPS) is 20.9. The maximum atomic E-state index is 12.5. The first-order chi connectivity index (χ1) is 13.5. The van der Waals surface area contributed by atoms with Gasteiger partial charge in [0.25, 0.3) is 5.91 Å². The van der Waals surface area contributed by atoms with Gasteiger partial charge in [-0.2, -0.15) is 0 Å². The second-order valence-electron chi connectivity index (χ2n) is 8.18. The van der Waals surface area contributed by atoms with Gasteiger partial charge in [0, 0.05) is 21.7 Å². The van der Waals surface area contributed by atoms with Crippen molar-refractivity contribution in [3.05, 3.63) is 69.7 Å². The fraction of sp³-hybridized carbons (Fsp3) is 0.435. The molecule has 4 rings (SSSR count). The number of hydrogen-bond donors (Lipinski definition) is 1. The first-order valence-electron chi connectivity index (χ1n) is 10.1. The van der Waals surface area contributed by atoms with E-state index < -0.39 is 0 Å². The summed E-state index contributed by atoms with van der Waals surface area (Å²) in [5, 5.41) is 4.18. The third-order valence-corrected chi connectivity index (χ3v) is 6.69. The summed E-state index contributed by atoms with van der Waals surface area (Å²) in [7, 11) is 0. The van der Waals surface area contributed by atoms with Crippen LogP contribution in [0, 0.1) is 5.41 Å². The number of carbonyl (C=O) groups excluding carboxylic acids is 1. The largest absolute Gasteiger partial charge is 0.349 e. The van der Waals surface area contributed by atoms with Gasteiger partial charge in [-0.15, -0.1) is 0 Å². The maximum Gasteiger partial charge on any atom is 0.251 e. The highest BCUT2D eigenvalue weighted by Crippen LogP contribution is 2.54. The number of likely N-dealkylation sites (tertiary alicyclic amines) is 1. The number of aryl methyl sites for hydroxylation is 1. The van der Waals surface area contributed by atoms with E-state index in [1.54, 1.807) is 18.2 Å². The van der Waals surface area contributed by atoms with Crippen LogP contribution in [0.4, 0.5) is 0 Å². The molecule has 0 radical (unpaired) electrons. The summed E-state index contributed by atoms with van der Waals surface area (Å²) in [6.07, 6.45) is 5.76.